The predicted octanol–water partition coefficient (Wildman–Crippen LogP) is 4.86. The molecule has 2 heterocycles. The first-order valence-electron chi connectivity index (χ1n) is 8.45. The minimum Gasteiger partial charge on any atom is -0.412 e. The van der Waals surface area contributed by atoms with Gasteiger partial charge < -0.3 is 10.2 Å². The summed E-state index contributed by atoms with van der Waals surface area (Å²) in [6.45, 7) is 0. The summed E-state index contributed by atoms with van der Waals surface area (Å²) in [5, 5.41) is 4.41. The molecular weight excluding hydrogens is 431 g/mol. The van der Waals surface area contributed by atoms with Gasteiger partial charge in [0.15, 0.2) is 5.65 Å². The minimum atomic E-state index is -0.431. The van der Waals surface area contributed by atoms with Crippen molar-refractivity contribution in [3.8, 4) is 11.1 Å². The summed E-state index contributed by atoms with van der Waals surface area (Å²) in [4.78, 5) is 28.0. The van der Waals surface area contributed by atoms with Gasteiger partial charge in [0, 0.05) is 27.7 Å². The van der Waals surface area contributed by atoms with E-state index in [0.29, 0.717) is 38.2 Å². The van der Waals surface area contributed by atoms with Gasteiger partial charge in [-0.15, -0.1) is 17.4 Å². The molecule has 2 aromatic carbocycles. The van der Waals surface area contributed by atoms with Crippen LogP contribution in [0, 0.1) is 0 Å². The fraction of sp³-hybridized carbons (Fsp3) is 0.0500. The molecule has 4 aromatic rings. The molecule has 0 saturated carbocycles. The first-order valence-corrected chi connectivity index (χ1v) is 9.66. The van der Waals surface area contributed by atoms with Gasteiger partial charge in [-0.2, -0.15) is 4.98 Å². The third-order valence-corrected chi connectivity index (χ3v) is 5.17. The van der Waals surface area contributed by atoms with Gasteiger partial charge in [0.05, 0.1) is 15.6 Å². The quantitative estimate of drug-likeness (QED) is 0.440. The van der Waals surface area contributed by atoms with Crippen molar-refractivity contribution in [3.05, 3.63) is 75.1 Å². The normalized spacial score (nSPS) is 10.9. The van der Waals surface area contributed by atoms with Gasteiger partial charge in [0.2, 0.25) is 5.95 Å². The molecule has 1 N–H and O–H groups in total. The lowest BCUT2D eigenvalue weighted by atomic mass is 10.1. The Morgan fingerprint density at radius 3 is 2.45 bits per heavy atom. The molecule has 0 aliphatic rings. The highest BCUT2D eigenvalue weighted by molar-refractivity contribution is 7.80. The summed E-state index contributed by atoms with van der Waals surface area (Å²) in [6, 6.07) is 14.1. The Balaban J connectivity index is 1.86. The van der Waals surface area contributed by atoms with Crippen molar-refractivity contribution in [2.24, 2.45) is 0 Å². The van der Waals surface area contributed by atoms with Gasteiger partial charge in [-0.25, -0.2) is 4.98 Å². The van der Waals surface area contributed by atoms with Crippen LogP contribution < -0.4 is 15.7 Å². The molecule has 2 aromatic heterocycles. The van der Waals surface area contributed by atoms with E-state index in [1.54, 1.807) is 30.5 Å². The molecule has 0 aliphatic heterocycles. The number of fused-ring (bicyclic) bond motifs is 1. The lowest BCUT2D eigenvalue weighted by Crippen LogP contribution is -2.27. The second-order valence-corrected chi connectivity index (χ2v) is 7.41. The molecule has 0 saturated heterocycles. The molecule has 0 fully saturated rings. The number of hydrogen-bond acceptors (Lipinski definition) is 6. The van der Waals surface area contributed by atoms with Crippen molar-refractivity contribution in [3.63, 3.8) is 0 Å². The fourth-order valence-electron chi connectivity index (χ4n) is 2.91. The van der Waals surface area contributed by atoms with E-state index >= 15 is 0 Å². The molecule has 0 spiro atoms. The van der Waals surface area contributed by atoms with Crippen LogP contribution in [0.2, 0.25) is 10.0 Å². The summed E-state index contributed by atoms with van der Waals surface area (Å²) in [7, 11) is 1.39. The molecular formula is C20H14Cl2N4O2S. The Morgan fingerprint density at radius 1 is 1.10 bits per heavy atom. The van der Waals surface area contributed by atoms with Crippen LogP contribution in [0.5, 0.6) is 0 Å². The summed E-state index contributed by atoms with van der Waals surface area (Å²) in [5.41, 5.74) is 1.39. The van der Waals surface area contributed by atoms with Crippen molar-refractivity contribution in [2.45, 2.75) is 4.90 Å². The Labute approximate surface area is 181 Å². The van der Waals surface area contributed by atoms with E-state index in [2.05, 4.69) is 27.9 Å². The molecule has 9 heteroatoms. The third kappa shape index (κ3) is 3.76. The van der Waals surface area contributed by atoms with Crippen LogP contribution in [0.15, 0.2) is 64.4 Å². The van der Waals surface area contributed by atoms with Gasteiger partial charge in [0.1, 0.15) is 7.11 Å². The van der Waals surface area contributed by atoms with Crippen LogP contribution >= 0.6 is 35.8 Å². The molecule has 0 amide bonds. The number of pyridine rings is 1. The van der Waals surface area contributed by atoms with Crippen molar-refractivity contribution in [1.29, 1.82) is 0 Å². The van der Waals surface area contributed by atoms with E-state index in [9.17, 15) is 4.79 Å². The smallest absolute Gasteiger partial charge is 0.293 e. The summed E-state index contributed by atoms with van der Waals surface area (Å²) < 4.78 is 1.09. The predicted molar refractivity (Wildman–Crippen MR) is 119 cm³/mol. The van der Waals surface area contributed by atoms with E-state index < -0.39 is 5.56 Å². The van der Waals surface area contributed by atoms with Crippen LogP contribution in [-0.2, 0) is 0 Å². The van der Waals surface area contributed by atoms with E-state index in [-0.39, 0.29) is 0 Å². The van der Waals surface area contributed by atoms with Gasteiger partial charge in [-0.1, -0.05) is 29.3 Å². The van der Waals surface area contributed by atoms with E-state index in [0.717, 1.165) is 15.3 Å². The molecule has 0 atom stereocenters. The van der Waals surface area contributed by atoms with Crippen molar-refractivity contribution in [2.75, 3.05) is 12.4 Å². The first kappa shape index (κ1) is 19.6. The van der Waals surface area contributed by atoms with Gasteiger partial charge >= 0.3 is 0 Å². The minimum absolute atomic E-state index is 0.295. The summed E-state index contributed by atoms with van der Waals surface area (Å²) in [5.74, 6) is 0.318. The van der Waals surface area contributed by atoms with Crippen LogP contribution in [0.4, 0.5) is 11.6 Å². The number of hydrogen-bond donors (Lipinski definition) is 2. The maximum absolute atomic E-state index is 13.1. The molecule has 29 heavy (non-hydrogen) atoms. The second-order valence-electron chi connectivity index (χ2n) is 6.08. The maximum atomic E-state index is 13.1. The fourth-order valence-corrected chi connectivity index (χ4v) is 3.66. The number of nitrogens with one attached hydrogen (secondary N) is 1. The molecule has 0 aliphatic carbocycles. The molecule has 0 radical (unpaired) electrons. The zero-order chi connectivity index (χ0) is 20.5. The number of aromatic nitrogens is 3. The highest BCUT2D eigenvalue weighted by atomic mass is 35.5. The Morgan fingerprint density at radius 2 is 1.79 bits per heavy atom. The number of halogens is 2. The van der Waals surface area contributed by atoms with Crippen molar-refractivity contribution < 1.29 is 4.84 Å². The van der Waals surface area contributed by atoms with Gasteiger partial charge in [-0.05, 0) is 42.5 Å². The summed E-state index contributed by atoms with van der Waals surface area (Å²) in [6.07, 6.45) is 1.60. The Hall–Kier alpha value is -2.74. The van der Waals surface area contributed by atoms with Gasteiger partial charge in [-0.3, -0.25) is 4.79 Å². The number of benzene rings is 2. The van der Waals surface area contributed by atoms with Crippen LogP contribution in [0.25, 0.3) is 22.2 Å². The van der Waals surface area contributed by atoms with Gasteiger partial charge in [0.25, 0.3) is 5.56 Å². The third-order valence-electron chi connectivity index (χ3n) is 4.24. The lowest BCUT2D eigenvalue weighted by Gasteiger charge is -2.13. The lowest BCUT2D eigenvalue weighted by molar-refractivity contribution is 0.168. The number of rotatable bonds is 4. The average Bonchev–Trinajstić information content (AvgIpc) is 2.70. The Kier molecular flexibility index (Phi) is 5.36. The van der Waals surface area contributed by atoms with E-state index in [1.807, 2.05) is 24.3 Å². The van der Waals surface area contributed by atoms with Crippen LogP contribution in [0.1, 0.15) is 0 Å². The summed E-state index contributed by atoms with van der Waals surface area (Å²) >= 11 is 16.8. The SMILES string of the molecule is COn1c(=O)c(-c2c(Cl)cccc2Cl)cc2cnc(Nc3ccc(S)cc3)nc21. The zero-order valence-electron chi connectivity index (χ0n) is 15.1. The zero-order valence-corrected chi connectivity index (χ0v) is 17.5. The second kappa shape index (κ2) is 7.94. The Bertz CT molecular complexity index is 1260. The molecule has 0 bridgehead atoms. The number of nitrogens with zero attached hydrogens (tertiary/aromatic N) is 3. The number of thiol groups is 1. The molecule has 4 rings (SSSR count). The van der Waals surface area contributed by atoms with Crippen LogP contribution in [0.3, 0.4) is 0 Å². The average molecular weight is 445 g/mol. The van der Waals surface area contributed by atoms with Crippen LogP contribution in [-0.4, -0.2) is 21.8 Å². The monoisotopic (exact) mass is 444 g/mol. The largest absolute Gasteiger partial charge is 0.412 e. The van der Waals surface area contributed by atoms with E-state index in [1.165, 1.54) is 7.11 Å². The standard InChI is InChI=1S/C20H14Cl2N4O2S/c1-28-26-18-11(9-14(19(26)27)17-15(21)3-2-4-16(17)22)10-23-20(25-18)24-12-5-7-13(29)8-6-12/h2-10,29H,1H3,(H,23,24,25). The number of anilines is 2. The highest BCUT2D eigenvalue weighted by Gasteiger charge is 2.18. The van der Waals surface area contributed by atoms with Crippen molar-refractivity contribution >= 4 is 58.5 Å². The highest BCUT2D eigenvalue weighted by Crippen LogP contribution is 2.33. The first-order chi connectivity index (χ1) is 14.0. The maximum Gasteiger partial charge on any atom is 0.293 e. The molecule has 6 nitrogen and oxygen atoms in total. The topological polar surface area (TPSA) is 69.0 Å². The molecule has 0 unspecified atom stereocenters. The van der Waals surface area contributed by atoms with E-state index in [4.69, 9.17) is 28.0 Å². The van der Waals surface area contributed by atoms with Crippen molar-refractivity contribution in [1.82, 2.24) is 14.7 Å². The molecule has 146 valence electrons.